The van der Waals surface area contributed by atoms with E-state index in [4.69, 9.17) is 17.3 Å². The van der Waals surface area contributed by atoms with Crippen LogP contribution in [-0.4, -0.2) is 35.2 Å². The SMILES string of the molecule is NC(=O)C1CCCN1CC(=O)Cl. The summed E-state index contributed by atoms with van der Waals surface area (Å²) in [6, 6.07) is -0.298. The molecule has 2 N–H and O–H groups in total. The number of nitrogens with zero attached hydrogens (tertiary/aromatic N) is 1. The van der Waals surface area contributed by atoms with Crippen molar-refractivity contribution in [3.63, 3.8) is 0 Å². The summed E-state index contributed by atoms with van der Waals surface area (Å²) in [5.41, 5.74) is 5.13. The van der Waals surface area contributed by atoms with E-state index in [2.05, 4.69) is 0 Å². The number of nitrogens with two attached hydrogens (primary N) is 1. The van der Waals surface area contributed by atoms with Crippen LogP contribution >= 0.6 is 11.6 Å². The number of carbonyl (C=O) groups excluding carboxylic acids is 2. The van der Waals surface area contributed by atoms with Gasteiger partial charge in [-0.25, -0.2) is 0 Å². The van der Waals surface area contributed by atoms with Gasteiger partial charge in [-0.3, -0.25) is 14.5 Å². The molecule has 0 aliphatic carbocycles. The van der Waals surface area contributed by atoms with Crippen LogP contribution in [0.1, 0.15) is 12.8 Å². The molecule has 1 rings (SSSR count). The Labute approximate surface area is 75.6 Å². The van der Waals surface area contributed by atoms with Gasteiger partial charge in [0.15, 0.2) is 0 Å². The van der Waals surface area contributed by atoms with Gasteiger partial charge >= 0.3 is 0 Å². The first-order chi connectivity index (χ1) is 5.61. The van der Waals surface area contributed by atoms with Crippen LogP contribution in [0, 0.1) is 0 Å². The van der Waals surface area contributed by atoms with Crippen molar-refractivity contribution in [2.24, 2.45) is 5.73 Å². The number of hydrogen-bond donors (Lipinski definition) is 1. The summed E-state index contributed by atoms with van der Waals surface area (Å²) >= 11 is 5.20. The van der Waals surface area contributed by atoms with Crippen LogP contribution in [0.15, 0.2) is 0 Å². The predicted molar refractivity (Wildman–Crippen MR) is 44.6 cm³/mol. The van der Waals surface area contributed by atoms with Gasteiger partial charge in [-0.15, -0.1) is 0 Å². The molecule has 12 heavy (non-hydrogen) atoms. The van der Waals surface area contributed by atoms with Crippen molar-refractivity contribution >= 4 is 22.8 Å². The van der Waals surface area contributed by atoms with E-state index in [-0.39, 0.29) is 18.5 Å². The molecule has 1 saturated heterocycles. The summed E-state index contributed by atoms with van der Waals surface area (Å²) in [7, 11) is 0. The summed E-state index contributed by atoms with van der Waals surface area (Å²) in [6.45, 7) is 0.848. The van der Waals surface area contributed by atoms with Gasteiger partial charge in [-0.2, -0.15) is 0 Å². The van der Waals surface area contributed by atoms with Crippen molar-refractivity contribution in [1.29, 1.82) is 0 Å². The molecular weight excluding hydrogens is 180 g/mol. The fourth-order valence-corrected chi connectivity index (χ4v) is 1.65. The van der Waals surface area contributed by atoms with Crippen molar-refractivity contribution in [2.45, 2.75) is 18.9 Å². The van der Waals surface area contributed by atoms with Gasteiger partial charge in [0, 0.05) is 0 Å². The van der Waals surface area contributed by atoms with Gasteiger partial charge in [-0.1, -0.05) is 0 Å². The first-order valence-electron chi connectivity index (χ1n) is 3.83. The maximum absolute atomic E-state index is 10.8. The van der Waals surface area contributed by atoms with Crippen molar-refractivity contribution < 1.29 is 9.59 Å². The highest BCUT2D eigenvalue weighted by atomic mass is 35.5. The highest BCUT2D eigenvalue weighted by molar-refractivity contribution is 6.64. The molecule has 1 amide bonds. The Morgan fingerprint density at radius 1 is 1.58 bits per heavy atom. The first-order valence-corrected chi connectivity index (χ1v) is 4.21. The minimum absolute atomic E-state index is 0.120. The highest BCUT2D eigenvalue weighted by Gasteiger charge is 2.29. The summed E-state index contributed by atoms with van der Waals surface area (Å²) in [5, 5.41) is -0.442. The second kappa shape index (κ2) is 3.87. The standard InChI is InChI=1S/C7H11ClN2O2/c8-6(11)4-10-3-1-2-5(10)7(9)12/h5H,1-4H2,(H2,9,12). The zero-order chi connectivity index (χ0) is 9.14. The Bertz CT molecular complexity index is 208. The molecule has 0 aromatic heterocycles. The summed E-state index contributed by atoms with van der Waals surface area (Å²) in [5.74, 6) is -0.370. The number of halogens is 1. The quantitative estimate of drug-likeness (QED) is 0.622. The fourth-order valence-electron chi connectivity index (χ4n) is 1.50. The third-order valence-corrected chi connectivity index (χ3v) is 2.14. The Balaban J connectivity index is 2.52. The third-order valence-electron chi connectivity index (χ3n) is 2.02. The molecule has 1 atom stereocenters. The van der Waals surface area contributed by atoms with Crippen molar-refractivity contribution in [3.05, 3.63) is 0 Å². The number of hydrogen-bond acceptors (Lipinski definition) is 3. The molecule has 68 valence electrons. The van der Waals surface area contributed by atoms with E-state index in [0.717, 1.165) is 19.4 Å². The van der Waals surface area contributed by atoms with E-state index >= 15 is 0 Å². The molecule has 0 saturated carbocycles. The Kier molecular flexibility index (Phi) is 3.05. The second-order valence-corrected chi connectivity index (χ2v) is 3.31. The summed E-state index contributed by atoms with van der Waals surface area (Å²) < 4.78 is 0. The molecule has 1 fully saturated rings. The minimum Gasteiger partial charge on any atom is -0.368 e. The largest absolute Gasteiger partial charge is 0.368 e. The van der Waals surface area contributed by atoms with E-state index in [1.54, 1.807) is 4.90 Å². The molecule has 5 heteroatoms. The first kappa shape index (κ1) is 9.48. The molecule has 0 bridgehead atoms. The average Bonchev–Trinajstić information content (AvgIpc) is 2.33. The van der Waals surface area contributed by atoms with Crippen molar-refractivity contribution in [1.82, 2.24) is 4.90 Å². The van der Waals surface area contributed by atoms with Crippen LogP contribution in [-0.2, 0) is 9.59 Å². The topological polar surface area (TPSA) is 63.4 Å². The van der Waals surface area contributed by atoms with Gasteiger partial charge in [0.25, 0.3) is 0 Å². The highest BCUT2D eigenvalue weighted by Crippen LogP contribution is 2.16. The average molecular weight is 191 g/mol. The molecule has 0 spiro atoms. The van der Waals surface area contributed by atoms with Gasteiger partial charge in [0.2, 0.25) is 11.1 Å². The lowest BCUT2D eigenvalue weighted by molar-refractivity contribution is -0.123. The normalized spacial score (nSPS) is 24.2. The van der Waals surface area contributed by atoms with Crippen LogP contribution in [0.5, 0.6) is 0 Å². The van der Waals surface area contributed by atoms with Crippen molar-refractivity contribution in [3.8, 4) is 0 Å². The van der Waals surface area contributed by atoms with Crippen LogP contribution in [0.2, 0.25) is 0 Å². The number of amides is 1. The molecule has 1 aliphatic rings. The fraction of sp³-hybridized carbons (Fsp3) is 0.714. The monoisotopic (exact) mass is 190 g/mol. The zero-order valence-corrected chi connectivity index (χ0v) is 7.38. The van der Waals surface area contributed by atoms with Gasteiger partial charge < -0.3 is 5.73 Å². The van der Waals surface area contributed by atoms with Gasteiger partial charge in [0.1, 0.15) is 0 Å². The maximum Gasteiger partial charge on any atom is 0.235 e. The Hall–Kier alpha value is -0.610. The lowest BCUT2D eigenvalue weighted by atomic mass is 10.2. The zero-order valence-electron chi connectivity index (χ0n) is 6.62. The molecule has 1 heterocycles. The van der Waals surface area contributed by atoms with Crippen LogP contribution in [0.25, 0.3) is 0 Å². The van der Waals surface area contributed by atoms with E-state index in [0.29, 0.717) is 0 Å². The number of primary amides is 1. The predicted octanol–water partition coefficient (Wildman–Crippen LogP) is -0.299. The molecular formula is C7H11ClN2O2. The third kappa shape index (κ3) is 2.19. The molecule has 0 radical (unpaired) electrons. The van der Waals surface area contributed by atoms with Crippen LogP contribution in [0.3, 0.4) is 0 Å². The van der Waals surface area contributed by atoms with Gasteiger partial charge in [-0.05, 0) is 31.0 Å². The van der Waals surface area contributed by atoms with E-state index in [1.807, 2.05) is 0 Å². The molecule has 4 nitrogen and oxygen atoms in total. The lowest BCUT2D eigenvalue weighted by Crippen LogP contribution is -2.41. The van der Waals surface area contributed by atoms with E-state index in [1.165, 1.54) is 0 Å². The van der Waals surface area contributed by atoms with E-state index in [9.17, 15) is 9.59 Å². The second-order valence-electron chi connectivity index (χ2n) is 2.89. The molecule has 0 aromatic carbocycles. The lowest BCUT2D eigenvalue weighted by Gasteiger charge is -2.18. The summed E-state index contributed by atoms with van der Waals surface area (Å²) in [4.78, 5) is 23.1. The van der Waals surface area contributed by atoms with Gasteiger partial charge in [0.05, 0.1) is 12.6 Å². The Morgan fingerprint density at radius 2 is 2.25 bits per heavy atom. The molecule has 0 aromatic rings. The minimum atomic E-state index is -0.442. The summed E-state index contributed by atoms with van der Waals surface area (Å²) in [6.07, 6.45) is 1.64. The van der Waals surface area contributed by atoms with Crippen molar-refractivity contribution in [2.75, 3.05) is 13.1 Å². The maximum atomic E-state index is 10.8. The molecule has 1 aliphatic heterocycles. The number of likely N-dealkylation sites (tertiary alicyclic amines) is 1. The van der Waals surface area contributed by atoms with Crippen LogP contribution < -0.4 is 5.73 Å². The Morgan fingerprint density at radius 3 is 2.75 bits per heavy atom. The number of rotatable bonds is 3. The van der Waals surface area contributed by atoms with Crippen LogP contribution in [0.4, 0.5) is 0 Å². The smallest absolute Gasteiger partial charge is 0.235 e. The molecule has 1 unspecified atom stereocenters. The van der Waals surface area contributed by atoms with E-state index < -0.39 is 5.24 Å². The number of carbonyl (C=O) groups is 2.